The van der Waals surface area contributed by atoms with Gasteiger partial charge in [0.25, 0.3) is 0 Å². The predicted octanol–water partition coefficient (Wildman–Crippen LogP) is 2.06. The van der Waals surface area contributed by atoms with Gasteiger partial charge in [-0.15, -0.1) is 0 Å². The van der Waals surface area contributed by atoms with Gasteiger partial charge in [-0.2, -0.15) is 0 Å². The molecule has 0 aliphatic carbocycles. The first-order chi connectivity index (χ1) is 10.8. The van der Waals surface area contributed by atoms with E-state index in [1.54, 1.807) is 6.20 Å². The Morgan fingerprint density at radius 2 is 2.09 bits per heavy atom. The number of nitrogens with zero attached hydrogens (tertiary/aromatic N) is 2. The van der Waals surface area contributed by atoms with Crippen LogP contribution in [0, 0.1) is 0 Å². The topological polar surface area (TPSA) is 54.5 Å². The zero-order chi connectivity index (χ0) is 14.9. The summed E-state index contributed by atoms with van der Waals surface area (Å²) in [6, 6.07) is 13.3. The van der Waals surface area contributed by atoms with Crippen molar-refractivity contribution in [3.8, 4) is 5.75 Å². The van der Waals surface area contributed by atoms with Gasteiger partial charge in [-0.1, -0.05) is 18.2 Å². The van der Waals surface area contributed by atoms with Gasteiger partial charge in [0.05, 0.1) is 17.4 Å². The molecule has 1 N–H and O–H groups in total. The third kappa shape index (κ3) is 2.44. The first-order valence-corrected chi connectivity index (χ1v) is 7.50. The summed E-state index contributed by atoms with van der Waals surface area (Å²) in [4.78, 5) is 19.1. The van der Waals surface area contributed by atoms with Crippen LogP contribution in [0.2, 0.25) is 0 Å². The molecule has 0 unspecified atom stereocenters. The van der Waals surface area contributed by atoms with E-state index in [9.17, 15) is 4.79 Å². The minimum atomic E-state index is -0.166. The molecule has 2 atom stereocenters. The average molecular weight is 295 g/mol. The molecule has 5 nitrogen and oxygen atoms in total. The Balaban J connectivity index is 1.59. The van der Waals surface area contributed by atoms with E-state index < -0.39 is 0 Å². The fourth-order valence-electron chi connectivity index (χ4n) is 3.16. The van der Waals surface area contributed by atoms with E-state index in [0.717, 1.165) is 23.7 Å². The smallest absolute Gasteiger partial charge is 0.241 e. The molecule has 2 aliphatic heterocycles. The maximum absolute atomic E-state index is 12.6. The van der Waals surface area contributed by atoms with Crippen LogP contribution < -0.4 is 10.1 Å². The molecule has 2 bridgehead atoms. The van der Waals surface area contributed by atoms with Crippen LogP contribution in [0.4, 0.5) is 5.69 Å². The average Bonchev–Trinajstić information content (AvgIpc) is 2.93. The van der Waals surface area contributed by atoms with Crippen molar-refractivity contribution in [1.82, 2.24) is 9.88 Å². The van der Waals surface area contributed by atoms with Crippen LogP contribution in [0.1, 0.15) is 12.1 Å². The minimum absolute atomic E-state index is 0.0363. The fraction of sp³-hybridized carbons (Fsp3) is 0.294. The quantitative estimate of drug-likeness (QED) is 0.921. The Morgan fingerprint density at radius 3 is 2.95 bits per heavy atom. The van der Waals surface area contributed by atoms with Gasteiger partial charge >= 0.3 is 0 Å². The number of ether oxygens (including phenoxy) is 1. The molecule has 112 valence electrons. The number of hydrogen-bond donors (Lipinski definition) is 1. The van der Waals surface area contributed by atoms with Gasteiger partial charge in [-0.05, 0) is 24.3 Å². The van der Waals surface area contributed by atoms with E-state index in [2.05, 4.69) is 15.2 Å². The third-order valence-electron chi connectivity index (χ3n) is 4.20. The summed E-state index contributed by atoms with van der Waals surface area (Å²) >= 11 is 0. The van der Waals surface area contributed by atoms with E-state index in [1.807, 2.05) is 42.5 Å². The Bertz CT molecular complexity index is 689. The molecule has 1 aromatic carbocycles. The van der Waals surface area contributed by atoms with Crippen LogP contribution >= 0.6 is 0 Å². The van der Waals surface area contributed by atoms with E-state index in [-0.39, 0.29) is 18.1 Å². The molecule has 1 amide bonds. The van der Waals surface area contributed by atoms with Gasteiger partial charge in [-0.25, -0.2) is 0 Å². The molecule has 1 aromatic heterocycles. The lowest BCUT2D eigenvalue weighted by molar-refractivity contribution is -0.120. The van der Waals surface area contributed by atoms with Crippen molar-refractivity contribution in [2.75, 3.05) is 11.9 Å². The molecule has 2 aromatic rings. The lowest BCUT2D eigenvalue weighted by Gasteiger charge is -2.23. The van der Waals surface area contributed by atoms with Crippen molar-refractivity contribution < 1.29 is 9.53 Å². The van der Waals surface area contributed by atoms with Crippen molar-refractivity contribution in [2.45, 2.75) is 25.1 Å². The second-order valence-corrected chi connectivity index (χ2v) is 5.73. The van der Waals surface area contributed by atoms with E-state index >= 15 is 0 Å². The highest BCUT2D eigenvalue weighted by Crippen LogP contribution is 2.32. The molecule has 5 heteroatoms. The van der Waals surface area contributed by atoms with Gasteiger partial charge in [0, 0.05) is 25.7 Å². The number of carbonyl (C=O) groups is 1. The highest BCUT2D eigenvalue weighted by Gasteiger charge is 2.40. The maximum Gasteiger partial charge on any atom is 0.241 e. The first kappa shape index (κ1) is 13.3. The number of nitrogens with one attached hydrogen (secondary N) is 1. The molecule has 22 heavy (non-hydrogen) atoms. The molecular weight excluding hydrogens is 278 g/mol. The van der Waals surface area contributed by atoms with Crippen molar-refractivity contribution in [2.24, 2.45) is 0 Å². The third-order valence-corrected chi connectivity index (χ3v) is 4.20. The predicted molar refractivity (Wildman–Crippen MR) is 82.5 cm³/mol. The Labute approximate surface area is 128 Å². The number of amides is 1. The van der Waals surface area contributed by atoms with Crippen molar-refractivity contribution in [3.05, 3.63) is 54.4 Å². The first-order valence-electron chi connectivity index (χ1n) is 7.50. The number of benzene rings is 1. The van der Waals surface area contributed by atoms with Crippen molar-refractivity contribution in [1.29, 1.82) is 0 Å². The van der Waals surface area contributed by atoms with E-state index in [4.69, 9.17) is 4.74 Å². The lowest BCUT2D eigenvalue weighted by Crippen LogP contribution is -2.39. The molecule has 1 saturated heterocycles. The summed E-state index contributed by atoms with van der Waals surface area (Å²) in [5.74, 6) is 0.785. The standard InChI is InChI=1S/C17H17N3O2/c21-17-15-9-13(22-16-7-2-1-6-14(16)19-17)11-20(15)10-12-5-3-4-8-18-12/h1-8,13,15H,9-11H2,(H,19,21)/t13-,15-/m0/s1. The monoisotopic (exact) mass is 295 g/mol. The second-order valence-electron chi connectivity index (χ2n) is 5.73. The Kier molecular flexibility index (Phi) is 3.27. The van der Waals surface area contributed by atoms with Crippen LogP contribution in [-0.4, -0.2) is 34.5 Å². The number of para-hydroxylation sites is 2. The molecule has 3 heterocycles. The van der Waals surface area contributed by atoms with Crippen molar-refractivity contribution in [3.63, 3.8) is 0 Å². The normalized spacial score (nSPS) is 23.9. The largest absolute Gasteiger partial charge is 0.487 e. The lowest BCUT2D eigenvalue weighted by atomic mass is 10.1. The summed E-state index contributed by atoms with van der Waals surface area (Å²) < 4.78 is 6.07. The van der Waals surface area contributed by atoms with Gasteiger partial charge in [0.1, 0.15) is 11.9 Å². The maximum atomic E-state index is 12.6. The SMILES string of the molecule is O=C1Nc2ccccc2O[C@H]2C[C@@H]1N(Cc1ccccn1)C2. The van der Waals surface area contributed by atoms with Gasteiger partial charge in [-0.3, -0.25) is 14.7 Å². The number of hydrogen-bond acceptors (Lipinski definition) is 4. The molecular formula is C17H17N3O2. The second kappa shape index (κ2) is 5.42. The Morgan fingerprint density at radius 1 is 1.23 bits per heavy atom. The molecule has 1 fully saturated rings. The molecule has 4 rings (SSSR count). The van der Waals surface area contributed by atoms with Crippen molar-refractivity contribution >= 4 is 11.6 Å². The summed E-state index contributed by atoms with van der Waals surface area (Å²) in [5, 5.41) is 2.98. The number of likely N-dealkylation sites (tertiary alicyclic amines) is 1. The van der Waals surface area contributed by atoms with Gasteiger partial charge in [0.2, 0.25) is 5.91 Å². The number of carbonyl (C=O) groups excluding carboxylic acids is 1. The van der Waals surface area contributed by atoms with Gasteiger partial charge in [0.15, 0.2) is 0 Å². The number of aromatic nitrogens is 1. The number of anilines is 1. The molecule has 0 saturated carbocycles. The highest BCUT2D eigenvalue weighted by molar-refractivity contribution is 5.96. The molecule has 2 aliphatic rings. The van der Waals surface area contributed by atoms with Crippen LogP contribution in [-0.2, 0) is 11.3 Å². The summed E-state index contributed by atoms with van der Waals surface area (Å²) in [6.45, 7) is 1.40. The van der Waals surface area contributed by atoms with Crippen LogP contribution in [0.15, 0.2) is 48.7 Å². The van der Waals surface area contributed by atoms with Gasteiger partial charge < -0.3 is 10.1 Å². The summed E-state index contributed by atoms with van der Waals surface area (Å²) in [7, 11) is 0. The molecule has 0 radical (unpaired) electrons. The highest BCUT2D eigenvalue weighted by atomic mass is 16.5. The molecule has 0 spiro atoms. The Hall–Kier alpha value is -2.40. The van der Waals surface area contributed by atoms with Crippen LogP contribution in [0.3, 0.4) is 0 Å². The minimum Gasteiger partial charge on any atom is -0.487 e. The summed E-state index contributed by atoms with van der Waals surface area (Å²) in [5.41, 5.74) is 1.72. The zero-order valence-corrected chi connectivity index (χ0v) is 12.1. The summed E-state index contributed by atoms with van der Waals surface area (Å²) in [6.07, 6.45) is 2.54. The van der Waals surface area contributed by atoms with Crippen LogP contribution in [0.25, 0.3) is 0 Å². The number of pyridine rings is 1. The number of fused-ring (bicyclic) bond motifs is 3. The van der Waals surface area contributed by atoms with E-state index in [1.165, 1.54) is 0 Å². The van der Waals surface area contributed by atoms with Crippen LogP contribution in [0.5, 0.6) is 5.75 Å². The van der Waals surface area contributed by atoms with E-state index in [0.29, 0.717) is 13.0 Å². The zero-order valence-electron chi connectivity index (χ0n) is 12.1. The number of rotatable bonds is 2. The fourth-order valence-corrected chi connectivity index (χ4v) is 3.16.